The van der Waals surface area contributed by atoms with E-state index in [0.717, 1.165) is 6.42 Å². The molecular weight excluding hydrogens is 208 g/mol. The van der Waals surface area contributed by atoms with Gasteiger partial charge in [-0.2, -0.15) is 0 Å². The SMILES string of the molecule is CC(C)c1nc(C(=O)O)c2n1C(O)CCC2. The topological polar surface area (TPSA) is 75.3 Å². The Morgan fingerprint density at radius 3 is 2.81 bits per heavy atom. The minimum Gasteiger partial charge on any atom is -0.476 e. The van der Waals surface area contributed by atoms with Crippen LogP contribution in [0.4, 0.5) is 0 Å². The maximum absolute atomic E-state index is 11.1. The van der Waals surface area contributed by atoms with Gasteiger partial charge in [-0.3, -0.25) is 0 Å². The molecule has 0 fully saturated rings. The minimum atomic E-state index is -1.01. The molecule has 0 amide bonds. The highest BCUT2D eigenvalue weighted by Crippen LogP contribution is 2.30. The van der Waals surface area contributed by atoms with Crippen LogP contribution in [0.5, 0.6) is 0 Å². The number of carboxylic acids is 1. The number of aliphatic hydroxyl groups is 1. The Hall–Kier alpha value is -1.36. The Balaban J connectivity index is 2.60. The monoisotopic (exact) mass is 224 g/mol. The van der Waals surface area contributed by atoms with Crippen molar-refractivity contribution in [1.82, 2.24) is 9.55 Å². The van der Waals surface area contributed by atoms with Crippen LogP contribution in [-0.2, 0) is 6.42 Å². The van der Waals surface area contributed by atoms with E-state index in [4.69, 9.17) is 5.11 Å². The summed E-state index contributed by atoms with van der Waals surface area (Å²) in [6.45, 7) is 3.89. The number of hydrogen-bond donors (Lipinski definition) is 2. The molecule has 5 heteroatoms. The molecule has 1 aromatic heterocycles. The maximum Gasteiger partial charge on any atom is 0.356 e. The van der Waals surface area contributed by atoms with E-state index in [0.29, 0.717) is 24.4 Å². The van der Waals surface area contributed by atoms with Gasteiger partial charge >= 0.3 is 5.97 Å². The summed E-state index contributed by atoms with van der Waals surface area (Å²) in [6, 6.07) is 0. The fourth-order valence-corrected chi connectivity index (χ4v) is 2.22. The third-order valence-electron chi connectivity index (χ3n) is 2.93. The summed E-state index contributed by atoms with van der Waals surface area (Å²) in [7, 11) is 0. The lowest BCUT2D eigenvalue weighted by Gasteiger charge is -2.24. The van der Waals surface area contributed by atoms with E-state index in [2.05, 4.69) is 4.98 Å². The Morgan fingerprint density at radius 2 is 2.25 bits per heavy atom. The molecule has 2 rings (SSSR count). The van der Waals surface area contributed by atoms with Crippen molar-refractivity contribution < 1.29 is 15.0 Å². The quantitative estimate of drug-likeness (QED) is 0.798. The third-order valence-corrected chi connectivity index (χ3v) is 2.93. The lowest BCUT2D eigenvalue weighted by molar-refractivity contribution is 0.0674. The second-order valence-electron chi connectivity index (χ2n) is 4.47. The molecular formula is C11H16N2O3. The van der Waals surface area contributed by atoms with Crippen LogP contribution in [0.2, 0.25) is 0 Å². The van der Waals surface area contributed by atoms with Crippen molar-refractivity contribution in [2.75, 3.05) is 0 Å². The molecule has 0 saturated heterocycles. The fraction of sp³-hybridized carbons (Fsp3) is 0.636. The summed E-state index contributed by atoms with van der Waals surface area (Å²) in [6.07, 6.45) is 1.53. The predicted octanol–water partition coefficient (Wildman–Crippen LogP) is 1.53. The number of nitrogens with zero attached hydrogens (tertiary/aromatic N) is 2. The Labute approximate surface area is 93.7 Å². The van der Waals surface area contributed by atoms with Gasteiger partial charge in [-0.05, 0) is 19.3 Å². The summed E-state index contributed by atoms with van der Waals surface area (Å²) in [5, 5.41) is 19.0. The molecule has 0 saturated carbocycles. The van der Waals surface area contributed by atoms with Gasteiger partial charge in [0.1, 0.15) is 12.1 Å². The summed E-state index contributed by atoms with van der Waals surface area (Å²) < 4.78 is 1.69. The van der Waals surface area contributed by atoms with Gasteiger partial charge in [0.05, 0.1) is 5.69 Å². The second kappa shape index (κ2) is 3.90. The lowest BCUT2D eigenvalue weighted by Crippen LogP contribution is -2.20. The molecule has 5 nitrogen and oxygen atoms in total. The Kier molecular flexibility index (Phi) is 2.71. The van der Waals surface area contributed by atoms with Gasteiger partial charge in [-0.25, -0.2) is 9.78 Å². The molecule has 1 aliphatic heterocycles. The number of aromatic carboxylic acids is 1. The zero-order chi connectivity index (χ0) is 11.9. The van der Waals surface area contributed by atoms with Crippen molar-refractivity contribution in [2.45, 2.75) is 45.3 Å². The molecule has 0 aliphatic carbocycles. The molecule has 1 aliphatic rings. The molecule has 2 heterocycles. The van der Waals surface area contributed by atoms with Crippen molar-refractivity contribution in [2.24, 2.45) is 0 Å². The number of carbonyl (C=O) groups is 1. The average Bonchev–Trinajstić information content (AvgIpc) is 2.58. The Morgan fingerprint density at radius 1 is 1.56 bits per heavy atom. The maximum atomic E-state index is 11.1. The van der Waals surface area contributed by atoms with Gasteiger partial charge in [0, 0.05) is 5.92 Å². The third kappa shape index (κ3) is 1.61. The number of aliphatic hydroxyl groups excluding tert-OH is 1. The van der Waals surface area contributed by atoms with Crippen LogP contribution < -0.4 is 0 Å². The van der Waals surface area contributed by atoms with Crippen LogP contribution in [0.15, 0.2) is 0 Å². The van der Waals surface area contributed by atoms with Gasteiger partial charge < -0.3 is 14.8 Å². The normalized spacial score (nSPS) is 19.9. The van der Waals surface area contributed by atoms with E-state index in [9.17, 15) is 9.90 Å². The van der Waals surface area contributed by atoms with Gasteiger partial charge in [0.25, 0.3) is 0 Å². The van der Waals surface area contributed by atoms with Crippen LogP contribution in [0.3, 0.4) is 0 Å². The van der Waals surface area contributed by atoms with Crippen LogP contribution >= 0.6 is 0 Å². The summed E-state index contributed by atoms with van der Waals surface area (Å²) in [5.74, 6) is -0.232. The van der Waals surface area contributed by atoms with Crippen molar-refractivity contribution in [1.29, 1.82) is 0 Å². The molecule has 0 spiro atoms. The molecule has 1 unspecified atom stereocenters. The fourth-order valence-electron chi connectivity index (χ4n) is 2.22. The van der Waals surface area contributed by atoms with E-state index in [1.807, 2.05) is 13.8 Å². The first-order valence-corrected chi connectivity index (χ1v) is 5.54. The van der Waals surface area contributed by atoms with Crippen LogP contribution in [0, 0.1) is 0 Å². The lowest BCUT2D eigenvalue weighted by atomic mass is 10.1. The molecule has 0 bridgehead atoms. The predicted molar refractivity (Wildman–Crippen MR) is 57.5 cm³/mol. The van der Waals surface area contributed by atoms with E-state index in [1.165, 1.54) is 0 Å². The number of aromatic nitrogens is 2. The van der Waals surface area contributed by atoms with Crippen molar-refractivity contribution in [3.05, 3.63) is 17.2 Å². The van der Waals surface area contributed by atoms with E-state index in [1.54, 1.807) is 4.57 Å². The zero-order valence-corrected chi connectivity index (χ0v) is 9.47. The minimum absolute atomic E-state index is 0.0995. The number of carboxylic acid groups (broad SMARTS) is 1. The highest BCUT2D eigenvalue weighted by molar-refractivity contribution is 5.87. The molecule has 1 aromatic rings. The summed E-state index contributed by atoms with van der Waals surface area (Å²) in [4.78, 5) is 15.2. The van der Waals surface area contributed by atoms with Crippen LogP contribution in [0.1, 0.15) is 60.8 Å². The zero-order valence-electron chi connectivity index (χ0n) is 9.47. The number of hydrogen-bond acceptors (Lipinski definition) is 3. The first-order chi connectivity index (χ1) is 7.52. The molecule has 0 aromatic carbocycles. The second-order valence-corrected chi connectivity index (χ2v) is 4.47. The number of rotatable bonds is 2. The highest BCUT2D eigenvalue weighted by atomic mass is 16.4. The molecule has 1 atom stereocenters. The molecule has 88 valence electrons. The van der Waals surface area contributed by atoms with E-state index >= 15 is 0 Å². The van der Waals surface area contributed by atoms with Gasteiger partial charge in [-0.1, -0.05) is 13.8 Å². The Bertz CT molecular complexity index is 423. The standard InChI is InChI=1S/C11H16N2O3/c1-6(2)10-12-9(11(15)16)7-4-3-5-8(14)13(7)10/h6,8,14H,3-5H2,1-2H3,(H,15,16). The smallest absolute Gasteiger partial charge is 0.356 e. The first-order valence-electron chi connectivity index (χ1n) is 5.54. The number of imidazole rings is 1. The average molecular weight is 224 g/mol. The van der Waals surface area contributed by atoms with E-state index in [-0.39, 0.29) is 11.6 Å². The van der Waals surface area contributed by atoms with Crippen molar-refractivity contribution >= 4 is 5.97 Å². The first kappa shape index (κ1) is 11.1. The molecule has 2 N–H and O–H groups in total. The molecule has 16 heavy (non-hydrogen) atoms. The summed E-state index contributed by atoms with van der Waals surface area (Å²) >= 11 is 0. The number of fused-ring (bicyclic) bond motifs is 1. The van der Waals surface area contributed by atoms with Gasteiger partial charge in [0.15, 0.2) is 5.69 Å². The van der Waals surface area contributed by atoms with Crippen molar-refractivity contribution in [3.63, 3.8) is 0 Å². The molecule has 0 radical (unpaired) electrons. The largest absolute Gasteiger partial charge is 0.476 e. The van der Waals surface area contributed by atoms with Gasteiger partial charge in [0.2, 0.25) is 0 Å². The summed E-state index contributed by atoms with van der Waals surface area (Å²) in [5.41, 5.74) is 0.761. The van der Waals surface area contributed by atoms with E-state index < -0.39 is 12.2 Å². The highest BCUT2D eigenvalue weighted by Gasteiger charge is 2.29. The van der Waals surface area contributed by atoms with Crippen LogP contribution in [-0.4, -0.2) is 25.7 Å². The van der Waals surface area contributed by atoms with Crippen molar-refractivity contribution in [3.8, 4) is 0 Å². The van der Waals surface area contributed by atoms with Gasteiger partial charge in [-0.15, -0.1) is 0 Å². The van der Waals surface area contributed by atoms with Crippen LogP contribution in [0.25, 0.3) is 0 Å².